The third-order valence-corrected chi connectivity index (χ3v) is 12.0. The zero-order chi connectivity index (χ0) is 23.4. The summed E-state index contributed by atoms with van der Waals surface area (Å²) in [6, 6.07) is 0. The minimum atomic E-state index is -0.517. The average Bonchev–Trinajstić information content (AvgIpc) is 3.08. The van der Waals surface area contributed by atoms with Crippen LogP contribution in [0.3, 0.4) is 0 Å². The van der Waals surface area contributed by atoms with Gasteiger partial charge in [-0.25, -0.2) is 0 Å². The summed E-state index contributed by atoms with van der Waals surface area (Å²) in [4.78, 5) is 0. The van der Waals surface area contributed by atoms with E-state index in [1.54, 1.807) is 0 Å². The molecule has 0 amide bonds. The molecule has 0 saturated heterocycles. The van der Waals surface area contributed by atoms with E-state index in [4.69, 9.17) is 0 Å². The van der Waals surface area contributed by atoms with Crippen LogP contribution in [0.2, 0.25) is 0 Å². The van der Waals surface area contributed by atoms with Gasteiger partial charge in [-0.05, 0) is 131 Å². The van der Waals surface area contributed by atoms with Crippen molar-refractivity contribution in [3.05, 3.63) is 0 Å². The van der Waals surface area contributed by atoms with Crippen LogP contribution >= 0.6 is 0 Å². The maximum Gasteiger partial charge on any atom is 0.0648 e. The highest BCUT2D eigenvalue weighted by Gasteiger charge is 2.61. The van der Waals surface area contributed by atoms with Crippen molar-refractivity contribution < 1.29 is 10.2 Å². The van der Waals surface area contributed by atoms with Gasteiger partial charge in [0.15, 0.2) is 0 Å². The van der Waals surface area contributed by atoms with Gasteiger partial charge in [-0.15, -0.1) is 0 Å². The van der Waals surface area contributed by atoms with Crippen LogP contribution in [0.1, 0.15) is 131 Å². The van der Waals surface area contributed by atoms with Crippen molar-refractivity contribution in [2.24, 2.45) is 46.3 Å². The van der Waals surface area contributed by atoms with Crippen molar-refractivity contribution in [1.82, 2.24) is 0 Å². The summed E-state index contributed by atoms with van der Waals surface area (Å²) >= 11 is 0. The van der Waals surface area contributed by atoms with E-state index >= 15 is 0 Å². The second-order valence-electron chi connectivity index (χ2n) is 14.0. The maximum atomic E-state index is 11.0. The normalized spacial score (nSPS) is 47.4. The highest BCUT2D eigenvalue weighted by Crippen LogP contribution is 2.69. The van der Waals surface area contributed by atoms with Crippen LogP contribution in [0.4, 0.5) is 0 Å². The average molecular weight is 447 g/mol. The van der Waals surface area contributed by atoms with E-state index in [0.717, 1.165) is 61.2 Å². The monoisotopic (exact) mass is 446 g/mol. The Labute approximate surface area is 199 Å². The molecule has 0 aromatic carbocycles. The summed E-state index contributed by atoms with van der Waals surface area (Å²) < 4.78 is 0. The molecule has 4 aliphatic rings. The summed E-state index contributed by atoms with van der Waals surface area (Å²) in [5, 5.41) is 21.2. The van der Waals surface area contributed by atoms with Crippen molar-refractivity contribution in [2.45, 2.75) is 143 Å². The van der Waals surface area contributed by atoms with E-state index in [1.807, 2.05) is 13.8 Å². The molecule has 9 atom stereocenters. The molecule has 0 aliphatic heterocycles. The minimum Gasteiger partial charge on any atom is -0.390 e. The molecule has 0 spiro atoms. The molecule has 4 saturated carbocycles. The highest BCUT2D eigenvalue weighted by molar-refractivity contribution is 5.11. The summed E-state index contributed by atoms with van der Waals surface area (Å²) in [5.74, 6) is 5.23. The summed E-state index contributed by atoms with van der Waals surface area (Å²) in [6.45, 7) is 13.8. The predicted molar refractivity (Wildman–Crippen MR) is 134 cm³/mol. The summed E-state index contributed by atoms with van der Waals surface area (Å²) in [7, 11) is 0. The fourth-order valence-corrected chi connectivity index (χ4v) is 9.95. The van der Waals surface area contributed by atoms with E-state index in [2.05, 4.69) is 27.7 Å². The molecule has 32 heavy (non-hydrogen) atoms. The second kappa shape index (κ2) is 8.85. The van der Waals surface area contributed by atoms with Crippen LogP contribution < -0.4 is 0 Å². The SMILES string of the molecule is CC[C@@H](CCCC(C)(C)O)[C@H]1CC[C@H]2[C@@H]3CC[C@H]4C[C@](O)(CC)CC[C@]4(C)[C@H]3CC[C@]12C. The lowest BCUT2D eigenvalue weighted by Crippen LogP contribution is -2.56. The Morgan fingerprint density at radius 2 is 1.62 bits per heavy atom. The van der Waals surface area contributed by atoms with Gasteiger partial charge in [0.25, 0.3) is 0 Å². The molecule has 0 heterocycles. The largest absolute Gasteiger partial charge is 0.390 e. The van der Waals surface area contributed by atoms with Crippen LogP contribution in [0.5, 0.6) is 0 Å². The molecular weight excluding hydrogens is 392 g/mol. The van der Waals surface area contributed by atoms with Gasteiger partial charge in [-0.3, -0.25) is 0 Å². The molecule has 186 valence electrons. The van der Waals surface area contributed by atoms with Gasteiger partial charge in [-0.1, -0.05) is 47.0 Å². The molecule has 0 aromatic heterocycles. The zero-order valence-electron chi connectivity index (χ0n) is 22.3. The summed E-state index contributed by atoms with van der Waals surface area (Å²) in [6.07, 6.45) is 17.6. The van der Waals surface area contributed by atoms with Gasteiger partial charge >= 0.3 is 0 Å². The van der Waals surface area contributed by atoms with Crippen LogP contribution in [0.15, 0.2) is 0 Å². The first kappa shape index (κ1) is 25.0. The van der Waals surface area contributed by atoms with E-state index in [-0.39, 0.29) is 5.60 Å². The van der Waals surface area contributed by atoms with Crippen molar-refractivity contribution in [2.75, 3.05) is 0 Å². The molecule has 0 aromatic rings. The van der Waals surface area contributed by atoms with Crippen molar-refractivity contribution in [3.63, 3.8) is 0 Å². The second-order valence-corrected chi connectivity index (χ2v) is 14.0. The molecular formula is C30H54O2. The number of hydrogen-bond donors (Lipinski definition) is 2. The molecule has 0 radical (unpaired) electrons. The third kappa shape index (κ3) is 4.34. The van der Waals surface area contributed by atoms with Crippen molar-refractivity contribution >= 4 is 0 Å². The van der Waals surface area contributed by atoms with Crippen LogP contribution in [0.25, 0.3) is 0 Å². The fraction of sp³-hybridized carbons (Fsp3) is 1.00. The topological polar surface area (TPSA) is 40.5 Å². The van der Waals surface area contributed by atoms with Crippen molar-refractivity contribution in [1.29, 1.82) is 0 Å². The maximum absolute atomic E-state index is 11.0. The Bertz CT molecular complexity index is 652. The number of hydrogen-bond acceptors (Lipinski definition) is 2. The predicted octanol–water partition coefficient (Wildman–Crippen LogP) is 7.75. The number of aliphatic hydroxyl groups is 2. The standard InChI is InChI=1S/C30H54O2/c1-7-21(10-9-16-27(3,4)31)24-13-14-25-23-12-11-22-20-30(32,8-2)19-18-28(22,5)26(23)15-17-29(24,25)6/h21-26,31-32H,7-20H2,1-6H3/t21-,22-,23-,24+,25-,26-,28-,29+,30-/m0/s1. The molecule has 0 unspecified atom stereocenters. The van der Waals surface area contributed by atoms with Gasteiger partial charge in [0.2, 0.25) is 0 Å². The van der Waals surface area contributed by atoms with Gasteiger partial charge in [0.05, 0.1) is 11.2 Å². The molecule has 4 fully saturated rings. The van der Waals surface area contributed by atoms with Gasteiger partial charge < -0.3 is 10.2 Å². The lowest BCUT2D eigenvalue weighted by Gasteiger charge is -2.62. The highest BCUT2D eigenvalue weighted by atomic mass is 16.3. The van der Waals surface area contributed by atoms with Crippen molar-refractivity contribution in [3.8, 4) is 0 Å². The number of rotatable bonds is 7. The first-order valence-electron chi connectivity index (χ1n) is 14.4. The van der Waals surface area contributed by atoms with E-state index in [1.165, 1.54) is 64.2 Å². The zero-order valence-corrected chi connectivity index (χ0v) is 22.3. The Kier molecular flexibility index (Phi) is 6.92. The Morgan fingerprint density at radius 3 is 2.28 bits per heavy atom. The fourth-order valence-electron chi connectivity index (χ4n) is 9.95. The Balaban J connectivity index is 1.47. The first-order chi connectivity index (χ1) is 15.0. The molecule has 2 nitrogen and oxygen atoms in total. The molecule has 2 N–H and O–H groups in total. The van der Waals surface area contributed by atoms with Gasteiger partial charge in [-0.2, -0.15) is 0 Å². The van der Waals surface area contributed by atoms with E-state index in [9.17, 15) is 10.2 Å². The van der Waals surface area contributed by atoms with Gasteiger partial charge in [0, 0.05) is 0 Å². The Hall–Kier alpha value is -0.0800. The smallest absolute Gasteiger partial charge is 0.0648 e. The van der Waals surface area contributed by atoms with Gasteiger partial charge in [0.1, 0.15) is 0 Å². The molecule has 4 aliphatic carbocycles. The van der Waals surface area contributed by atoms with E-state index < -0.39 is 5.60 Å². The quantitative estimate of drug-likeness (QED) is 0.419. The summed E-state index contributed by atoms with van der Waals surface area (Å²) in [5.41, 5.74) is 0.117. The van der Waals surface area contributed by atoms with E-state index in [0.29, 0.717) is 10.8 Å². The first-order valence-corrected chi connectivity index (χ1v) is 14.4. The van der Waals surface area contributed by atoms with Crippen LogP contribution in [-0.4, -0.2) is 21.4 Å². The molecule has 2 heteroatoms. The minimum absolute atomic E-state index is 0.379. The number of fused-ring (bicyclic) bond motifs is 5. The molecule has 0 bridgehead atoms. The third-order valence-electron chi connectivity index (χ3n) is 12.0. The Morgan fingerprint density at radius 1 is 0.906 bits per heavy atom. The molecule has 4 rings (SSSR count). The lowest BCUT2D eigenvalue weighted by molar-refractivity contribution is -0.153. The lowest BCUT2D eigenvalue weighted by atomic mass is 9.43. The van der Waals surface area contributed by atoms with Crippen LogP contribution in [0, 0.1) is 46.3 Å². The van der Waals surface area contributed by atoms with Crippen LogP contribution in [-0.2, 0) is 0 Å².